The number of hydrogen-bond donors (Lipinski definition) is 0. The van der Waals surface area contributed by atoms with Gasteiger partial charge in [0.25, 0.3) is 0 Å². The molecule has 0 aliphatic heterocycles. The molecule has 0 atom stereocenters. The van der Waals surface area contributed by atoms with E-state index >= 15 is 0 Å². The SMILES string of the molecule is CCCC(CBr)(CCC)Cn1cc(I)cn1. The minimum absolute atomic E-state index is 0.374. The van der Waals surface area contributed by atoms with Gasteiger partial charge in [-0.1, -0.05) is 42.6 Å². The summed E-state index contributed by atoms with van der Waals surface area (Å²) in [5, 5.41) is 5.47. The minimum Gasteiger partial charge on any atom is -0.271 e. The average Bonchev–Trinajstić information content (AvgIpc) is 2.64. The summed E-state index contributed by atoms with van der Waals surface area (Å²) in [4.78, 5) is 0. The summed E-state index contributed by atoms with van der Waals surface area (Å²) in [5.41, 5.74) is 0.374. The fraction of sp³-hybridized carbons (Fsp3) is 0.750. The first-order valence-corrected chi connectivity index (χ1v) is 8.09. The van der Waals surface area contributed by atoms with E-state index in [2.05, 4.69) is 68.3 Å². The highest BCUT2D eigenvalue weighted by Gasteiger charge is 2.27. The summed E-state index contributed by atoms with van der Waals surface area (Å²) in [6.45, 7) is 5.56. The molecule has 0 unspecified atom stereocenters. The molecule has 1 aromatic heterocycles. The van der Waals surface area contributed by atoms with Gasteiger partial charge in [0.1, 0.15) is 0 Å². The molecule has 0 radical (unpaired) electrons. The molecule has 0 bridgehead atoms. The van der Waals surface area contributed by atoms with E-state index in [4.69, 9.17) is 0 Å². The summed E-state index contributed by atoms with van der Waals surface area (Å²) in [6.07, 6.45) is 9.07. The maximum absolute atomic E-state index is 4.40. The molecule has 1 rings (SSSR count). The van der Waals surface area contributed by atoms with E-state index in [9.17, 15) is 0 Å². The minimum atomic E-state index is 0.374. The average molecular weight is 399 g/mol. The number of aromatic nitrogens is 2. The highest BCUT2D eigenvalue weighted by atomic mass is 127. The Labute approximate surface area is 120 Å². The van der Waals surface area contributed by atoms with Gasteiger partial charge in [0.05, 0.1) is 9.77 Å². The summed E-state index contributed by atoms with van der Waals surface area (Å²) < 4.78 is 3.31. The van der Waals surface area contributed by atoms with Crippen molar-refractivity contribution in [3.8, 4) is 0 Å². The molecule has 0 fully saturated rings. The second-order valence-electron chi connectivity index (χ2n) is 4.49. The van der Waals surface area contributed by atoms with Gasteiger partial charge in [0.2, 0.25) is 0 Å². The Morgan fingerprint density at radius 3 is 2.38 bits per heavy atom. The van der Waals surface area contributed by atoms with E-state index in [0.717, 1.165) is 11.9 Å². The Kier molecular flexibility index (Phi) is 6.32. The zero-order valence-electron chi connectivity index (χ0n) is 10.0. The van der Waals surface area contributed by atoms with E-state index in [1.807, 2.05) is 6.20 Å². The second kappa shape index (κ2) is 6.99. The molecule has 4 heteroatoms. The van der Waals surface area contributed by atoms with Crippen molar-refractivity contribution in [2.75, 3.05) is 5.33 Å². The van der Waals surface area contributed by atoms with Gasteiger partial charge in [0.15, 0.2) is 0 Å². The standard InChI is InChI=1S/C12H20BrIN2/c1-3-5-12(9-13,6-4-2)10-16-8-11(14)7-15-16/h7-8H,3-6,9-10H2,1-2H3. The molecule has 0 aliphatic carbocycles. The first-order valence-electron chi connectivity index (χ1n) is 5.89. The number of halogens is 2. The third kappa shape index (κ3) is 4.02. The van der Waals surface area contributed by atoms with Crippen LogP contribution in [0.25, 0.3) is 0 Å². The highest BCUT2D eigenvalue weighted by Crippen LogP contribution is 2.33. The predicted octanol–water partition coefficient (Wildman–Crippen LogP) is 4.47. The normalized spacial score (nSPS) is 12.0. The van der Waals surface area contributed by atoms with Gasteiger partial charge < -0.3 is 0 Å². The molecule has 0 saturated heterocycles. The number of alkyl halides is 1. The van der Waals surface area contributed by atoms with Gasteiger partial charge in [-0.3, -0.25) is 4.68 Å². The van der Waals surface area contributed by atoms with Crippen LogP contribution >= 0.6 is 38.5 Å². The molecule has 0 spiro atoms. The van der Waals surface area contributed by atoms with Crippen LogP contribution in [0, 0.1) is 8.99 Å². The monoisotopic (exact) mass is 398 g/mol. The fourth-order valence-electron chi connectivity index (χ4n) is 2.29. The molecule has 0 aromatic carbocycles. The Balaban J connectivity index is 2.75. The summed E-state index contributed by atoms with van der Waals surface area (Å²) in [5.74, 6) is 0. The van der Waals surface area contributed by atoms with Gasteiger partial charge in [-0.05, 0) is 40.8 Å². The molecule has 0 aliphatic rings. The topological polar surface area (TPSA) is 17.8 Å². The lowest BCUT2D eigenvalue weighted by molar-refractivity contribution is 0.223. The van der Waals surface area contributed by atoms with Gasteiger partial charge in [-0.25, -0.2) is 0 Å². The van der Waals surface area contributed by atoms with Crippen LogP contribution < -0.4 is 0 Å². The van der Waals surface area contributed by atoms with Crippen molar-refractivity contribution in [3.63, 3.8) is 0 Å². The van der Waals surface area contributed by atoms with Crippen molar-refractivity contribution in [3.05, 3.63) is 16.0 Å². The van der Waals surface area contributed by atoms with Gasteiger partial charge >= 0.3 is 0 Å². The molecular formula is C12H20BrIN2. The lowest BCUT2D eigenvalue weighted by atomic mass is 9.81. The summed E-state index contributed by atoms with van der Waals surface area (Å²) in [6, 6.07) is 0. The Morgan fingerprint density at radius 1 is 1.38 bits per heavy atom. The van der Waals surface area contributed by atoms with Crippen molar-refractivity contribution >= 4 is 38.5 Å². The maximum Gasteiger partial charge on any atom is 0.0623 e. The van der Waals surface area contributed by atoms with Crippen LogP contribution in [-0.4, -0.2) is 15.1 Å². The van der Waals surface area contributed by atoms with Crippen LogP contribution in [0.2, 0.25) is 0 Å². The van der Waals surface area contributed by atoms with Crippen LogP contribution in [0.3, 0.4) is 0 Å². The molecule has 16 heavy (non-hydrogen) atoms. The predicted molar refractivity (Wildman–Crippen MR) is 81.0 cm³/mol. The van der Waals surface area contributed by atoms with Crippen LogP contribution in [0.15, 0.2) is 12.4 Å². The van der Waals surface area contributed by atoms with Crippen LogP contribution in [0.4, 0.5) is 0 Å². The smallest absolute Gasteiger partial charge is 0.0623 e. The maximum atomic E-state index is 4.40. The lowest BCUT2D eigenvalue weighted by Crippen LogP contribution is -2.29. The van der Waals surface area contributed by atoms with E-state index in [1.165, 1.54) is 29.3 Å². The number of rotatable bonds is 7. The Bertz CT molecular complexity index is 306. The second-order valence-corrected chi connectivity index (χ2v) is 6.30. The van der Waals surface area contributed by atoms with Crippen molar-refractivity contribution in [2.45, 2.75) is 46.1 Å². The van der Waals surface area contributed by atoms with E-state index in [0.29, 0.717) is 5.41 Å². The van der Waals surface area contributed by atoms with Crippen LogP contribution in [-0.2, 0) is 6.54 Å². The lowest BCUT2D eigenvalue weighted by Gasteiger charge is -2.31. The van der Waals surface area contributed by atoms with Gasteiger partial charge in [-0.2, -0.15) is 5.10 Å². The van der Waals surface area contributed by atoms with E-state index < -0.39 is 0 Å². The van der Waals surface area contributed by atoms with Crippen LogP contribution in [0.5, 0.6) is 0 Å². The first-order chi connectivity index (χ1) is 7.65. The zero-order valence-corrected chi connectivity index (χ0v) is 13.8. The molecule has 1 aromatic rings. The van der Waals surface area contributed by atoms with E-state index in [-0.39, 0.29) is 0 Å². The van der Waals surface area contributed by atoms with Crippen LogP contribution in [0.1, 0.15) is 39.5 Å². The van der Waals surface area contributed by atoms with Gasteiger partial charge in [-0.15, -0.1) is 0 Å². The Hall–Kier alpha value is 0.420. The Morgan fingerprint density at radius 2 is 2.00 bits per heavy atom. The van der Waals surface area contributed by atoms with Gasteiger partial charge in [0, 0.05) is 18.1 Å². The van der Waals surface area contributed by atoms with Crippen molar-refractivity contribution in [2.24, 2.45) is 5.41 Å². The van der Waals surface area contributed by atoms with Crippen molar-refractivity contribution < 1.29 is 0 Å². The molecule has 0 N–H and O–H groups in total. The fourth-order valence-corrected chi connectivity index (χ4v) is 3.47. The highest BCUT2D eigenvalue weighted by molar-refractivity contribution is 14.1. The summed E-state index contributed by atoms with van der Waals surface area (Å²) in [7, 11) is 0. The summed E-state index contributed by atoms with van der Waals surface area (Å²) >= 11 is 6.01. The largest absolute Gasteiger partial charge is 0.271 e. The molecule has 2 nitrogen and oxygen atoms in total. The van der Waals surface area contributed by atoms with E-state index in [1.54, 1.807) is 0 Å². The zero-order chi connectivity index (χ0) is 12.0. The quantitative estimate of drug-likeness (QED) is 0.489. The third-order valence-electron chi connectivity index (χ3n) is 2.94. The number of nitrogens with zero attached hydrogens (tertiary/aromatic N) is 2. The third-order valence-corrected chi connectivity index (χ3v) is 4.69. The van der Waals surface area contributed by atoms with Crippen molar-refractivity contribution in [1.82, 2.24) is 9.78 Å². The number of hydrogen-bond acceptors (Lipinski definition) is 1. The molecular weight excluding hydrogens is 379 g/mol. The first kappa shape index (κ1) is 14.5. The molecule has 0 saturated carbocycles. The van der Waals surface area contributed by atoms with Crippen molar-refractivity contribution in [1.29, 1.82) is 0 Å². The molecule has 1 heterocycles. The molecule has 0 amide bonds. The molecule has 92 valence electrons.